The number of carbonyl (C=O) groups excluding carboxylic acids is 1. The molecule has 0 bridgehead atoms. The third-order valence-corrected chi connectivity index (χ3v) is 3.44. The first-order chi connectivity index (χ1) is 9.01. The molecule has 1 amide bonds. The minimum Gasteiger partial charge on any atom is -0.360 e. The Labute approximate surface area is 115 Å². The van der Waals surface area contributed by atoms with E-state index >= 15 is 0 Å². The molecule has 1 aromatic heterocycles. The molecule has 1 N–H and O–H groups in total. The molecule has 19 heavy (non-hydrogen) atoms. The summed E-state index contributed by atoms with van der Waals surface area (Å²) >= 11 is 0. The summed E-state index contributed by atoms with van der Waals surface area (Å²) < 4.78 is 5.14. The molecule has 0 saturated carbocycles. The molecule has 1 aromatic rings. The minimum atomic E-state index is -0.155. The summed E-state index contributed by atoms with van der Waals surface area (Å²) in [6.45, 7) is 9.74. The van der Waals surface area contributed by atoms with Crippen LogP contribution in [0.25, 0.3) is 0 Å². The van der Waals surface area contributed by atoms with Gasteiger partial charge < -0.3 is 14.7 Å². The van der Waals surface area contributed by atoms with Crippen LogP contribution in [0.5, 0.6) is 0 Å². The van der Waals surface area contributed by atoms with E-state index in [0.29, 0.717) is 18.3 Å². The molecule has 1 unspecified atom stereocenters. The van der Waals surface area contributed by atoms with E-state index in [9.17, 15) is 4.79 Å². The van der Waals surface area contributed by atoms with Crippen molar-refractivity contribution in [2.45, 2.75) is 46.6 Å². The van der Waals surface area contributed by atoms with Gasteiger partial charge in [0.1, 0.15) is 5.76 Å². The smallest absolute Gasteiger partial charge is 0.273 e. The fourth-order valence-electron chi connectivity index (χ4n) is 1.96. The molecule has 0 aliphatic carbocycles. The number of hydrogen-bond donors (Lipinski definition) is 1. The third kappa shape index (κ3) is 4.06. The number of rotatable bonds is 7. The van der Waals surface area contributed by atoms with Crippen molar-refractivity contribution >= 4 is 5.91 Å². The normalized spacial score (nSPS) is 12.7. The second kappa shape index (κ2) is 7.28. The van der Waals surface area contributed by atoms with Crippen molar-refractivity contribution in [1.29, 1.82) is 0 Å². The first-order valence-corrected chi connectivity index (χ1v) is 6.94. The molecular formula is C14H25N3O2. The van der Waals surface area contributed by atoms with E-state index in [4.69, 9.17) is 4.52 Å². The topological polar surface area (TPSA) is 58.4 Å². The van der Waals surface area contributed by atoms with E-state index in [1.165, 1.54) is 0 Å². The predicted octanol–water partition coefficient (Wildman–Crippen LogP) is 2.01. The molecule has 108 valence electrons. The number of likely N-dealkylation sites (N-methyl/N-ethyl adjacent to an activating group) is 1. The Morgan fingerprint density at radius 3 is 2.68 bits per heavy atom. The van der Waals surface area contributed by atoms with Crippen molar-refractivity contribution in [2.24, 2.45) is 0 Å². The molecule has 0 aliphatic rings. The maximum absolute atomic E-state index is 12.0. The largest absolute Gasteiger partial charge is 0.360 e. The van der Waals surface area contributed by atoms with Crippen LogP contribution in [0.3, 0.4) is 0 Å². The van der Waals surface area contributed by atoms with Gasteiger partial charge in [0.2, 0.25) is 0 Å². The Morgan fingerprint density at radius 2 is 2.16 bits per heavy atom. The van der Waals surface area contributed by atoms with Crippen LogP contribution in [0, 0.1) is 6.92 Å². The monoisotopic (exact) mass is 267 g/mol. The van der Waals surface area contributed by atoms with E-state index in [2.05, 4.69) is 36.3 Å². The van der Waals surface area contributed by atoms with Crippen molar-refractivity contribution in [3.8, 4) is 0 Å². The molecule has 0 aromatic carbocycles. The lowest BCUT2D eigenvalue weighted by Gasteiger charge is -2.24. The zero-order valence-corrected chi connectivity index (χ0v) is 12.6. The lowest BCUT2D eigenvalue weighted by molar-refractivity contribution is 0.0931. The van der Waals surface area contributed by atoms with Crippen molar-refractivity contribution in [3.05, 3.63) is 17.0 Å². The molecule has 0 saturated heterocycles. The molecular weight excluding hydrogens is 242 g/mol. The van der Waals surface area contributed by atoms with Gasteiger partial charge in [0, 0.05) is 24.6 Å². The van der Waals surface area contributed by atoms with Gasteiger partial charge in [-0.05, 0) is 33.9 Å². The molecule has 0 aliphatic heterocycles. The zero-order valence-electron chi connectivity index (χ0n) is 12.6. The first-order valence-electron chi connectivity index (χ1n) is 6.94. The molecule has 0 spiro atoms. The van der Waals surface area contributed by atoms with Gasteiger partial charge in [-0.2, -0.15) is 0 Å². The first kappa shape index (κ1) is 15.7. The Kier molecular flexibility index (Phi) is 6.02. The van der Waals surface area contributed by atoms with Crippen LogP contribution < -0.4 is 5.32 Å². The standard InChI is InChI=1S/C14H25N3O2/c1-6-8-17(5)10(3)9-15-14(18)13-11(4)12(7-2)19-16-13/h10H,6-9H2,1-5H3,(H,15,18). The highest BCUT2D eigenvalue weighted by Gasteiger charge is 2.18. The van der Waals surface area contributed by atoms with Crippen LogP contribution in [0.4, 0.5) is 0 Å². The average molecular weight is 267 g/mol. The number of aromatic nitrogens is 1. The summed E-state index contributed by atoms with van der Waals surface area (Å²) in [6.07, 6.45) is 1.86. The van der Waals surface area contributed by atoms with Crippen LogP contribution >= 0.6 is 0 Å². The number of carbonyl (C=O) groups is 1. The summed E-state index contributed by atoms with van der Waals surface area (Å²) in [7, 11) is 2.07. The molecule has 1 atom stereocenters. The highest BCUT2D eigenvalue weighted by Crippen LogP contribution is 2.13. The number of nitrogens with zero attached hydrogens (tertiary/aromatic N) is 2. The van der Waals surface area contributed by atoms with Gasteiger partial charge in [-0.3, -0.25) is 4.79 Å². The van der Waals surface area contributed by atoms with Gasteiger partial charge in [0.15, 0.2) is 5.69 Å². The maximum Gasteiger partial charge on any atom is 0.273 e. The predicted molar refractivity (Wildman–Crippen MR) is 75.3 cm³/mol. The quantitative estimate of drug-likeness (QED) is 0.821. The van der Waals surface area contributed by atoms with Gasteiger partial charge >= 0.3 is 0 Å². The van der Waals surface area contributed by atoms with Crippen LogP contribution in [0.15, 0.2) is 4.52 Å². The van der Waals surface area contributed by atoms with Crippen LogP contribution in [0.2, 0.25) is 0 Å². The molecule has 1 heterocycles. The van der Waals surface area contributed by atoms with Crippen LogP contribution in [0.1, 0.15) is 49.0 Å². The Bertz CT molecular complexity index is 415. The minimum absolute atomic E-state index is 0.155. The highest BCUT2D eigenvalue weighted by atomic mass is 16.5. The number of nitrogens with one attached hydrogen (secondary N) is 1. The van der Waals surface area contributed by atoms with E-state index in [-0.39, 0.29) is 5.91 Å². The second-order valence-corrected chi connectivity index (χ2v) is 4.97. The van der Waals surface area contributed by atoms with Gasteiger partial charge in [0.25, 0.3) is 5.91 Å². The molecule has 1 rings (SSSR count). The number of aryl methyl sites for hydroxylation is 1. The molecule has 5 heteroatoms. The lowest BCUT2D eigenvalue weighted by Crippen LogP contribution is -2.40. The summed E-state index contributed by atoms with van der Waals surface area (Å²) in [5.74, 6) is 0.624. The third-order valence-electron chi connectivity index (χ3n) is 3.44. The molecule has 0 radical (unpaired) electrons. The fraction of sp³-hybridized carbons (Fsp3) is 0.714. The van der Waals surface area contributed by atoms with E-state index < -0.39 is 0 Å². The molecule has 5 nitrogen and oxygen atoms in total. The van der Waals surface area contributed by atoms with Crippen molar-refractivity contribution in [3.63, 3.8) is 0 Å². The second-order valence-electron chi connectivity index (χ2n) is 4.97. The lowest BCUT2D eigenvalue weighted by atomic mass is 10.1. The van der Waals surface area contributed by atoms with E-state index in [0.717, 1.165) is 30.7 Å². The average Bonchev–Trinajstić information content (AvgIpc) is 2.77. The highest BCUT2D eigenvalue weighted by molar-refractivity contribution is 5.93. The summed E-state index contributed by atoms with van der Waals surface area (Å²) in [5.41, 5.74) is 1.25. The van der Waals surface area contributed by atoms with Gasteiger partial charge in [-0.25, -0.2) is 0 Å². The maximum atomic E-state index is 12.0. The van der Waals surface area contributed by atoms with Crippen molar-refractivity contribution in [1.82, 2.24) is 15.4 Å². The van der Waals surface area contributed by atoms with Crippen LogP contribution in [-0.2, 0) is 6.42 Å². The Hall–Kier alpha value is -1.36. The van der Waals surface area contributed by atoms with Gasteiger partial charge in [-0.1, -0.05) is 19.0 Å². The fourth-order valence-corrected chi connectivity index (χ4v) is 1.96. The summed E-state index contributed by atoms with van der Waals surface area (Å²) in [4.78, 5) is 14.3. The van der Waals surface area contributed by atoms with Gasteiger partial charge in [0.05, 0.1) is 0 Å². The molecule has 0 fully saturated rings. The van der Waals surface area contributed by atoms with Crippen molar-refractivity contribution < 1.29 is 9.32 Å². The van der Waals surface area contributed by atoms with Crippen LogP contribution in [-0.4, -0.2) is 42.1 Å². The zero-order chi connectivity index (χ0) is 14.4. The summed E-state index contributed by atoms with van der Waals surface area (Å²) in [6, 6.07) is 0.307. The Morgan fingerprint density at radius 1 is 1.47 bits per heavy atom. The number of amides is 1. The SMILES string of the molecule is CCCN(C)C(C)CNC(=O)c1noc(CC)c1C. The Balaban J connectivity index is 2.53. The van der Waals surface area contributed by atoms with E-state index in [1.807, 2.05) is 13.8 Å². The number of hydrogen-bond acceptors (Lipinski definition) is 4. The summed E-state index contributed by atoms with van der Waals surface area (Å²) in [5, 5.41) is 6.76. The van der Waals surface area contributed by atoms with Gasteiger partial charge in [-0.15, -0.1) is 0 Å². The van der Waals surface area contributed by atoms with E-state index in [1.54, 1.807) is 0 Å². The van der Waals surface area contributed by atoms with Crippen molar-refractivity contribution in [2.75, 3.05) is 20.1 Å².